The van der Waals surface area contributed by atoms with E-state index in [9.17, 15) is 5.11 Å². The Hall–Kier alpha value is -0.850. The number of hydrogen-bond donors (Lipinski definition) is 3. The maximum Gasteiger partial charge on any atom is 0.191 e. The molecule has 0 bridgehead atoms. The number of unbranched alkanes of at least 4 members (excludes halogenated alkanes) is 1. The van der Waals surface area contributed by atoms with Gasteiger partial charge >= 0.3 is 0 Å². The Bertz CT molecular complexity index is 374. The monoisotopic (exact) mass is 369 g/mol. The predicted molar refractivity (Wildman–Crippen MR) is 112 cm³/mol. The van der Waals surface area contributed by atoms with E-state index in [2.05, 4.69) is 53.2 Å². The molecule has 6 heteroatoms. The van der Waals surface area contributed by atoms with Gasteiger partial charge in [0.1, 0.15) is 0 Å². The van der Waals surface area contributed by atoms with Gasteiger partial charge in [-0.3, -0.25) is 4.99 Å². The van der Waals surface area contributed by atoms with Crippen molar-refractivity contribution in [1.82, 2.24) is 20.4 Å². The fourth-order valence-corrected chi connectivity index (χ4v) is 3.52. The van der Waals surface area contributed by atoms with Crippen molar-refractivity contribution in [2.24, 2.45) is 4.99 Å². The molecular formula is C20H43N5O. The average Bonchev–Trinajstić information content (AvgIpc) is 2.61. The van der Waals surface area contributed by atoms with E-state index in [4.69, 9.17) is 0 Å². The topological polar surface area (TPSA) is 63.1 Å². The molecule has 0 aliphatic carbocycles. The van der Waals surface area contributed by atoms with Gasteiger partial charge < -0.3 is 25.5 Å². The summed E-state index contributed by atoms with van der Waals surface area (Å²) in [5.41, 5.74) is -0.659. The van der Waals surface area contributed by atoms with Gasteiger partial charge in [-0.15, -0.1) is 0 Å². The van der Waals surface area contributed by atoms with E-state index in [1.54, 1.807) is 0 Å². The third-order valence-corrected chi connectivity index (χ3v) is 5.10. The van der Waals surface area contributed by atoms with Crippen LogP contribution in [0, 0.1) is 0 Å². The van der Waals surface area contributed by atoms with Crippen molar-refractivity contribution in [1.29, 1.82) is 0 Å². The van der Waals surface area contributed by atoms with Crippen molar-refractivity contribution in [2.75, 3.05) is 59.4 Å². The molecule has 1 rings (SSSR count). The molecule has 0 saturated carbocycles. The van der Waals surface area contributed by atoms with Crippen LogP contribution in [0.15, 0.2) is 4.99 Å². The Morgan fingerprint density at radius 2 is 1.65 bits per heavy atom. The third-order valence-electron chi connectivity index (χ3n) is 5.10. The summed E-state index contributed by atoms with van der Waals surface area (Å²) in [6.07, 6.45) is 5.96. The molecule has 3 N–H and O–H groups in total. The molecule has 1 heterocycles. The molecule has 1 aliphatic rings. The molecule has 0 unspecified atom stereocenters. The minimum atomic E-state index is -0.659. The van der Waals surface area contributed by atoms with Crippen molar-refractivity contribution in [3.8, 4) is 0 Å². The zero-order valence-electron chi connectivity index (χ0n) is 17.7. The molecule has 0 aromatic carbocycles. The molecule has 0 radical (unpaired) electrons. The largest absolute Gasteiger partial charge is 0.388 e. The Labute approximate surface area is 161 Å². The number of hydrogen-bond acceptors (Lipinski definition) is 4. The van der Waals surface area contributed by atoms with E-state index in [0.717, 1.165) is 51.2 Å². The number of piperazine rings is 1. The Balaban J connectivity index is 2.30. The molecule has 154 valence electrons. The van der Waals surface area contributed by atoms with Crippen LogP contribution in [0.2, 0.25) is 0 Å². The van der Waals surface area contributed by atoms with Crippen molar-refractivity contribution in [2.45, 2.75) is 64.9 Å². The Morgan fingerprint density at radius 3 is 2.23 bits per heavy atom. The molecule has 26 heavy (non-hydrogen) atoms. The van der Waals surface area contributed by atoms with Crippen LogP contribution in [0.25, 0.3) is 0 Å². The minimum Gasteiger partial charge on any atom is -0.388 e. The first-order chi connectivity index (χ1) is 12.5. The van der Waals surface area contributed by atoms with Crippen molar-refractivity contribution in [3.63, 3.8) is 0 Å². The van der Waals surface area contributed by atoms with E-state index >= 15 is 0 Å². The van der Waals surface area contributed by atoms with Crippen LogP contribution in [0.4, 0.5) is 0 Å². The lowest BCUT2D eigenvalue weighted by atomic mass is 9.93. The summed E-state index contributed by atoms with van der Waals surface area (Å²) in [5.74, 6) is 0.831. The van der Waals surface area contributed by atoms with Crippen LogP contribution in [0.3, 0.4) is 0 Å². The number of nitrogens with zero attached hydrogens (tertiary/aromatic N) is 3. The van der Waals surface area contributed by atoms with Crippen LogP contribution < -0.4 is 10.6 Å². The van der Waals surface area contributed by atoms with E-state index in [1.807, 2.05) is 0 Å². The lowest BCUT2D eigenvalue weighted by Gasteiger charge is -2.32. The summed E-state index contributed by atoms with van der Waals surface area (Å²) in [6, 6.07) is 0. The third kappa shape index (κ3) is 9.74. The van der Waals surface area contributed by atoms with Gasteiger partial charge in [-0.2, -0.15) is 0 Å². The molecule has 1 aliphatic heterocycles. The molecular weight excluding hydrogens is 326 g/mol. The van der Waals surface area contributed by atoms with Crippen molar-refractivity contribution in [3.05, 3.63) is 0 Å². The molecule has 6 nitrogen and oxygen atoms in total. The summed E-state index contributed by atoms with van der Waals surface area (Å²) in [4.78, 5) is 9.61. The SMILES string of the molecule is CCCC(O)(CCC)CN=C(NCC)NCCCCN1CCN(C)CC1. The first-order valence-corrected chi connectivity index (χ1v) is 10.7. The second-order valence-corrected chi connectivity index (χ2v) is 7.70. The van der Waals surface area contributed by atoms with Crippen LogP contribution in [-0.2, 0) is 0 Å². The summed E-state index contributed by atoms with van der Waals surface area (Å²) in [7, 11) is 2.20. The summed E-state index contributed by atoms with van der Waals surface area (Å²) in [6.45, 7) is 14.5. The lowest BCUT2D eigenvalue weighted by Crippen LogP contribution is -2.44. The fourth-order valence-electron chi connectivity index (χ4n) is 3.52. The zero-order valence-corrected chi connectivity index (χ0v) is 17.7. The van der Waals surface area contributed by atoms with Crippen molar-refractivity contribution < 1.29 is 5.11 Å². The number of aliphatic hydroxyl groups is 1. The van der Waals surface area contributed by atoms with Crippen molar-refractivity contribution >= 4 is 5.96 Å². The molecule has 0 amide bonds. The Morgan fingerprint density at radius 1 is 1.00 bits per heavy atom. The quantitative estimate of drug-likeness (QED) is 0.279. The normalized spacial score (nSPS) is 17.5. The molecule has 0 aromatic heterocycles. The lowest BCUT2D eigenvalue weighted by molar-refractivity contribution is 0.0306. The predicted octanol–water partition coefficient (Wildman–Crippen LogP) is 1.90. The first kappa shape index (κ1) is 23.2. The van der Waals surface area contributed by atoms with Gasteiger partial charge in [-0.1, -0.05) is 26.7 Å². The van der Waals surface area contributed by atoms with Gasteiger partial charge in [0, 0.05) is 39.3 Å². The van der Waals surface area contributed by atoms with Crippen LogP contribution in [-0.4, -0.2) is 85.9 Å². The maximum absolute atomic E-state index is 10.7. The van der Waals surface area contributed by atoms with Crippen LogP contribution in [0.5, 0.6) is 0 Å². The molecule has 1 saturated heterocycles. The van der Waals surface area contributed by atoms with Gasteiger partial charge in [-0.25, -0.2) is 0 Å². The second-order valence-electron chi connectivity index (χ2n) is 7.70. The van der Waals surface area contributed by atoms with Gasteiger partial charge in [0.15, 0.2) is 5.96 Å². The van der Waals surface area contributed by atoms with E-state index in [0.29, 0.717) is 6.54 Å². The van der Waals surface area contributed by atoms with Crippen LogP contribution >= 0.6 is 0 Å². The van der Waals surface area contributed by atoms with Gasteiger partial charge in [-0.05, 0) is 46.2 Å². The van der Waals surface area contributed by atoms with E-state index in [-0.39, 0.29) is 0 Å². The molecule has 0 aromatic rings. The highest BCUT2D eigenvalue weighted by Gasteiger charge is 2.24. The highest BCUT2D eigenvalue weighted by molar-refractivity contribution is 5.79. The van der Waals surface area contributed by atoms with Crippen LogP contribution in [0.1, 0.15) is 59.3 Å². The van der Waals surface area contributed by atoms with Gasteiger partial charge in [0.05, 0.1) is 12.1 Å². The maximum atomic E-state index is 10.7. The smallest absolute Gasteiger partial charge is 0.191 e. The fraction of sp³-hybridized carbons (Fsp3) is 0.950. The number of guanidine groups is 1. The summed E-state index contributed by atoms with van der Waals surface area (Å²) < 4.78 is 0. The first-order valence-electron chi connectivity index (χ1n) is 10.7. The standard InChI is InChI=1S/C20H43N5O/c1-5-10-20(26,11-6-2)18-23-19(21-7-3)22-12-8-9-13-25-16-14-24(4)15-17-25/h26H,5-18H2,1-4H3,(H2,21,22,23). The molecule has 1 fully saturated rings. The van der Waals surface area contributed by atoms with Gasteiger partial charge in [0.2, 0.25) is 0 Å². The highest BCUT2D eigenvalue weighted by atomic mass is 16.3. The second kappa shape index (κ2) is 13.3. The Kier molecular flexibility index (Phi) is 11.9. The summed E-state index contributed by atoms with van der Waals surface area (Å²) in [5, 5.41) is 17.4. The number of aliphatic imine (C=N–C) groups is 1. The minimum absolute atomic E-state index is 0.477. The van der Waals surface area contributed by atoms with Gasteiger partial charge in [0.25, 0.3) is 0 Å². The molecule has 0 atom stereocenters. The van der Waals surface area contributed by atoms with E-state index < -0.39 is 5.60 Å². The number of likely N-dealkylation sites (N-methyl/N-ethyl adjacent to an activating group) is 1. The number of nitrogens with one attached hydrogen (secondary N) is 2. The number of rotatable bonds is 12. The summed E-state index contributed by atoms with van der Waals surface area (Å²) >= 11 is 0. The average molecular weight is 370 g/mol. The zero-order chi connectivity index (χ0) is 19.3. The van der Waals surface area contributed by atoms with E-state index in [1.165, 1.54) is 39.1 Å². The highest BCUT2D eigenvalue weighted by Crippen LogP contribution is 2.19. The molecule has 0 spiro atoms.